The Morgan fingerprint density at radius 1 is 1.24 bits per heavy atom. The standard InChI is InChI=1S/C28H26N6O3/c1-3-24(35)33-15-13-20(17-33)25-23-12-14-30-28(29)34(23)26(32-25)18-8-10-19(11-9-18)27(36)31-21-6-4-5-7-22(16-21)37-2/h1,5-12,14,16,20H,4,13,15,17H2,2H3,(H2,29,30)(H,31,36). The van der Waals surface area contributed by atoms with Crippen LogP contribution < -0.4 is 11.1 Å². The number of fused-ring (bicyclic) bond motifs is 1. The number of nitrogens with two attached hydrogens (primary N) is 1. The van der Waals surface area contributed by atoms with Crippen LogP contribution >= 0.6 is 0 Å². The zero-order valence-electron chi connectivity index (χ0n) is 20.3. The highest BCUT2D eigenvalue weighted by atomic mass is 16.5. The summed E-state index contributed by atoms with van der Waals surface area (Å²) in [6.07, 6.45) is 15.9. The van der Waals surface area contributed by atoms with E-state index < -0.39 is 0 Å². The molecule has 1 saturated heterocycles. The molecular formula is C28H26N6O3. The topological polar surface area (TPSA) is 115 Å². The molecule has 3 aromatic rings. The molecule has 1 atom stereocenters. The lowest BCUT2D eigenvalue weighted by Crippen LogP contribution is -2.26. The van der Waals surface area contributed by atoms with Crippen LogP contribution in [0.2, 0.25) is 0 Å². The van der Waals surface area contributed by atoms with E-state index in [2.05, 4.69) is 16.2 Å². The molecule has 3 N–H and O–H groups in total. The molecule has 1 unspecified atom stereocenters. The Labute approximate surface area is 214 Å². The molecule has 2 amide bonds. The third-order valence-electron chi connectivity index (χ3n) is 6.55. The summed E-state index contributed by atoms with van der Waals surface area (Å²) < 4.78 is 7.09. The molecule has 0 bridgehead atoms. The van der Waals surface area contributed by atoms with Gasteiger partial charge in [0, 0.05) is 48.1 Å². The van der Waals surface area contributed by atoms with Crippen molar-refractivity contribution in [2.75, 3.05) is 25.9 Å². The molecule has 0 radical (unpaired) electrons. The number of likely N-dealkylation sites (tertiary alicyclic amines) is 1. The fourth-order valence-electron chi connectivity index (χ4n) is 4.66. The second kappa shape index (κ2) is 10.0. The molecule has 2 aromatic heterocycles. The van der Waals surface area contributed by atoms with Gasteiger partial charge in [-0.05, 0) is 43.0 Å². The fourth-order valence-corrected chi connectivity index (χ4v) is 4.66. The van der Waals surface area contributed by atoms with Crippen molar-refractivity contribution in [3.8, 4) is 23.7 Å². The number of methoxy groups -OCH3 is 1. The van der Waals surface area contributed by atoms with Gasteiger partial charge < -0.3 is 20.7 Å². The molecule has 2 aliphatic rings. The molecule has 1 aromatic carbocycles. The van der Waals surface area contributed by atoms with Gasteiger partial charge in [-0.2, -0.15) is 0 Å². The molecule has 1 fully saturated rings. The first-order chi connectivity index (χ1) is 18.0. The first-order valence-corrected chi connectivity index (χ1v) is 11.9. The minimum absolute atomic E-state index is 0.0280. The number of carbonyl (C=O) groups is 2. The van der Waals surface area contributed by atoms with Crippen LogP contribution in [0.25, 0.3) is 16.9 Å². The summed E-state index contributed by atoms with van der Waals surface area (Å²) in [6, 6.07) is 9.03. The predicted octanol–water partition coefficient (Wildman–Crippen LogP) is 3.03. The summed E-state index contributed by atoms with van der Waals surface area (Å²) in [4.78, 5) is 35.7. The molecule has 1 aliphatic heterocycles. The number of nitrogen functional groups attached to an aromatic ring is 1. The molecule has 186 valence electrons. The summed E-state index contributed by atoms with van der Waals surface area (Å²) in [6.45, 7) is 1.08. The fraction of sp³-hybridized carbons (Fsp3) is 0.214. The number of terminal acetylenes is 1. The number of benzene rings is 1. The van der Waals surface area contributed by atoms with Crippen molar-refractivity contribution in [2.45, 2.75) is 18.8 Å². The van der Waals surface area contributed by atoms with Crippen molar-refractivity contribution in [3.05, 3.63) is 83.5 Å². The van der Waals surface area contributed by atoms with Gasteiger partial charge in [-0.25, -0.2) is 9.97 Å². The average molecular weight is 495 g/mol. The lowest BCUT2D eigenvalue weighted by molar-refractivity contribution is -0.124. The van der Waals surface area contributed by atoms with Crippen molar-refractivity contribution in [1.29, 1.82) is 0 Å². The summed E-state index contributed by atoms with van der Waals surface area (Å²) in [5, 5.41) is 2.93. The van der Waals surface area contributed by atoms with Gasteiger partial charge in [0.05, 0.1) is 18.3 Å². The number of nitrogens with one attached hydrogen (secondary N) is 1. The van der Waals surface area contributed by atoms with Crippen LogP contribution in [0.4, 0.5) is 5.95 Å². The molecule has 9 heteroatoms. The lowest BCUT2D eigenvalue weighted by Gasteiger charge is -2.12. The number of hydrogen-bond donors (Lipinski definition) is 2. The molecule has 9 nitrogen and oxygen atoms in total. The van der Waals surface area contributed by atoms with E-state index in [1.165, 1.54) is 0 Å². The van der Waals surface area contributed by atoms with E-state index in [1.54, 1.807) is 40.8 Å². The number of carbonyl (C=O) groups excluding carboxylic acids is 2. The second-order valence-electron chi connectivity index (χ2n) is 8.81. The third kappa shape index (κ3) is 4.69. The van der Waals surface area contributed by atoms with Crippen LogP contribution in [0.5, 0.6) is 0 Å². The Balaban J connectivity index is 1.42. The zero-order chi connectivity index (χ0) is 25.9. The Morgan fingerprint density at radius 2 is 2.05 bits per heavy atom. The molecular weight excluding hydrogens is 468 g/mol. The minimum Gasteiger partial charge on any atom is -0.497 e. The maximum absolute atomic E-state index is 12.9. The summed E-state index contributed by atoms with van der Waals surface area (Å²) >= 11 is 0. The first-order valence-electron chi connectivity index (χ1n) is 11.9. The van der Waals surface area contributed by atoms with Crippen LogP contribution in [-0.2, 0) is 9.53 Å². The number of ether oxygens (including phenoxy) is 1. The number of amides is 2. The van der Waals surface area contributed by atoms with Crippen LogP contribution in [0, 0.1) is 12.3 Å². The van der Waals surface area contributed by atoms with Gasteiger partial charge in [0.15, 0.2) is 0 Å². The molecule has 5 rings (SSSR count). The monoisotopic (exact) mass is 494 g/mol. The third-order valence-corrected chi connectivity index (χ3v) is 6.55. The van der Waals surface area contributed by atoms with E-state index >= 15 is 0 Å². The Hall–Kier alpha value is -4.84. The van der Waals surface area contributed by atoms with Gasteiger partial charge in [0.1, 0.15) is 11.6 Å². The van der Waals surface area contributed by atoms with E-state index in [4.69, 9.17) is 21.9 Å². The largest absolute Gasteiger partial charge is 0.497 e. The average Bonchev–Trinajstić information content (AvgIpc) is 3.49. The number of aromatic nitrogens is 3. The van der Waals surface area contributed by atoms with Gasteiger partial charge in [-0.15, -0.1) is 6.42 Å². The highest BCUT2D eigenvalue weighted by molar-refractivity contribution is 5.96. The Bertz CT molecular complexity index is 1510. The van der Waals surface area contributed by atoms with Crippen LogP contribution in [0.3, 0.4) is 0 Å². The van der Waals surface area contributed by atoms with Gasteiger partial charge in [0.2, 0.25) is 5.95 Å². The summed E-state index contributed by atoms with van der Waals surface area (Å²) in [5.74, 6) is 3.26. The van der Waals surface area contributed by atoms with Crippen molar-refractivity contribution < 1.29 is 14.3 Å². The van der Waals surface area contributed by atoms with Gasteiger partial charge >= 0.3 is 0 Å². The van der Waals surface area contributed by atoms with E-state index in [1.807, 2.05) is 36.4 Å². The maximum Gasteiger partial charge on any atom is 0.298 e. The van der Waals surface area contributed by atoms with Crippen LogP contribution in [0.15, 0.2) is 72.3 Å². The summed E-state index contributed by atoms with van der Waals surface area (Å²) in [7, 11) is 1.59. The normalized spacial score (nSPS) is 17.1. The van der Waals surface area contributed by atoms with Crippen LogP contribution in [0.1, 0.15) is 34.8 Å². The van der Waals surface area contributed by atoms with Gasteiger partial charge in [-0.1, -0.05) is 24.3 Å². The first kappa shape index (κ1) is 23.9. The molecule has 3 heterocycles. The minimum atomic E-state index is -0.314. The molecule has 1 aliphatic carbocycles. The number of anilines is 1. The Morgan fingerprint density at radius 3 is 2.81 bits per heavy atom. The van der Waals surface area contributed by atoms with E-state index in [0.29, 0.717) is 48.3 Å². The Kier molecular flexibility index (Phi) is 6.47. The molecule has 0 spiro atoms. The van der Waals surface area contributed by atoms with E-state index in [9.17, 15) is 9.59 Å². The number of rotatable bonds is 5. The quantitative estimate of drug-likeness (QED) is 0.527. The van der Waals surface area contributed by atoms with Crippen molar-refractivity contribution >= 4 is 23.3 Å². The maximum atomic E-state index is 12.9. The number of imidazole rings is 1. The smallest absolute Gasteiger partial charge is 0.298 e. The number of hydrogen-bond acceptors (Lipinski definition) is 6. The summed E-state index contributed by atoms with van der Waals surface area (Å²) in [5.41, 5.74) is 9.88. The highest BCUT2D eigenvalue weighted by Crippen LogP contribution is 2.33. The SMILES string of the molecule is C#CC(=O)N1CCC(c2nc(-c3ccc(C(=O)NC4=CCC=CC(OC)=C4)cc3)n3c(N)nccc23)C1. The number of nitrogens with zero attached hydrogens (tertiary/aromatic N) is 4. The van der Waals surface area contributed by atoms with Crippen LogP contribution in [-0.4, -0.2) is 51.3 Å². The lowest BCUT2D eigenvalue weighted by atomic mass is 10.0. The van der Waals surface area contributed by atoms with Gasteiger partial charge in [0.25, 0.3) is 11.8 Å². The number of allylic oxidation sites excluding steroid dienone is 4. The molecule has 37 heavy (non-hydrogen) atoms. The van der Waals surface area contributed by atoms with Crippen molar-refractivity contribution in [1.82, 2.24) is 24.6 Å². The van der Waals surface area contributed by atoms with E-state index in [-0.39, 0.29) is 17.7 Å². The highest BCUT2D eigenvalue weighted by Gasteiger charge is 2.30. The van der Waals surface area contributed by atoms with Gasteiger partial charge in [-0.3, -0.25) is 14.0 Å². The van der Waals surface area contributed by atoms with E-state index in [0.717, 1.165) is 23.2 Å². The zero-order valence-corrected chi connectivity index (χ0v) is 20.3. The van der Waals surface area contributed by atoms with Crippen molar-refractivity contribution in [3.63, 3.8) is 0 Å². The molecule has 0 saturated carbocycles. The predicted molar refractivity (Wildman–Crippen MR) is 140 cm³/mol. The second-order valence-corrected chi connectivity index (χ2v) is 8.81. The van der Waals surface area contributed by atoms with Crippen molar-refractivity contribution in [2.24, 2.45) is 0 Å².